The number of anilines is 1. The summed E-state index contributed by atoms with van der Waals surface area (Å²) in [5.41, 5.74) is -0.622. The van der Waals surface area contributed by atoms with E-state index in [1.807, 2.05) is 0 Å². The third-order valence-electron chi connectivity index (χ3n) is 2.88. The summed E-state index contributed by atoms with van der Waals surface area (Å²) in [6.45, 7) is 0.577. The lowest BCUT2D eigenvalue weighted by molar-refractivity contribution is 0.0690. The largest absolute Gasteiger partial charge is 0.478 e. The standard InChI is InChI=1S/C12H13F2NO2/c13-10-8(12(16)17)3-4-9(11(10)14)15-6-5-7-1-2-7/h3-4,7,15H,1-2,5-6H2,(H,16,17). The first-order valence-electron chi connectivity index (χ1n) is 5.54. The summed E-state index contributed by atoms with van der Waals surface area (Å²) in [6, 6.07) is 2.33. The molecule has 0 aromatic heterocycles. The van der Waals surface area contributed by atoms with E-state index in [0.717, 1.165) is 12.5 Å². The minimum atomic E-state index is -1.47. The Hall–Kier alpha value is -1.65. The van der Waals surface area contributed by atoms with Gasteiger partial charge in [-0.1, -0.05) is 12.8 Å². The minimum absolute atomic E-state index is 0.0214. The molecule has 0 aliphatic heterocycles. The topological polar surface area (TPSA) is 49.3 Å². The molecule has 1 aliphatic carbocycles. The van der Waals surface area contributed by atoms with Gasteiger partial charge in [0.15, 0.2) is 11.6 Å². The van der Waals surface area contributed by atoms with Crippen molar-refractivity contribution in [1.29, 1.82) is 0 Å². The van der Waals surface area contributed by atoms with E-state index in [0.29, 0.717) is 12.5 Å². The number of aromatic carboxylic acids is 1. The first kappa shape index (κ1) is 11.8. The van der Waals surface area contributed by atoms with E-state index in [1.54, 1.807) is 0 Å². The molecule has 0 saturated heterocycles. The van der Waals surface area contributed by atoms with E-state index in [4.69, 9.17) is 5.11 Å². The van der Waals surface area contributed by atoms with Crippen LogP contribution in [-0.4, -0.2) is 17.6 Å². The summed E-state index contributed by atoms with van der Waals surface area (Å²) in [6.07, 6.45) is 3.34. The molecule has 17 heavy (non-hydrogen) atoms. The lowest BCUT2D eigenvalue weighted by atomic mass is 10.1. The van der Waals surface area contributed by atoms with Crippen molar-refractivity contribution >= 4 is 11.7 Å². The van der Waals surface area contributed by atoms with Crippen LogP contribution in [0.2, 0.25) is 0 Å². The molecular formula is C12H13F2NO2. The molecule has 1 aliphatic rings. The van der Waals surface area contributed by atoms with Crippen LogP contribution in [0.1, 0.15) is 29.6 Å². The van der Waals surface area contributed by atoms with Crippen LogP contribution in [0.25, 0.3) is 0 Å². The van der Waals surface area contributed by atoms with E-state index in [9.17, 15) is 13.6 Å². The van der Waals surface area contributed by atoms with Crippen LogP contribution in [0.3, 0.4) is 0 Å². The molecular weight excluding hydrogens is 228 g/mol. The van der Waals surface area contributed by atoms with Crippen molar-refractivity contribution in [2.75, 3.05) is 11.9 Å². The molecule has 0 bridgehead atoms. The van der Waals surface area contributed by atoms with Crippen LogP contribution < -0.4 is 5.32 Å². The molecule has 2 N–H and O–H groups in total. The third kappa shape index (κ3) is 2.72. The Balaban J connectivity index is 2.06. The van der Waals surface area contributed by atoms with Gasteiger partial charge in [-0.25, -0.2) is 13.6 Å². The monoisotopic (exact) mass is 241 g/mol. The van der Waals surface area contributed by atoms with Gasteiger partial charge >= 0.3 is 5.97 Å². The lowest BCUT2D eigenvalue weighted by Crippen LogP contribution is -2.08. The number of nitrogens with one attached hydrogen (secondary N) is 1. The zero-order valence-corrected chi connectivity index (χ0v) is 9.17. The highest BCUT2D eigenvalue weighted by molar-refractivity contribution is 5.88. The highest BCUT2D eigenvalue weighted by Gasteiger charge is 2.21. The summed E-state index contributed by atoms with van der Waals surface area (Å²) in [5, 5.41) is 11.4. The fourth-order valence-electron chi connectivity index (χ4n) is 1.67. The van der Waals surface area contributed by atoms with Crippen LogP contribution in [0.15, 0.2) is 12.1 Å². The average molecular weight is 241 g/mol. The molecule has 3 nitrogen and oxygen atoms in total. The van der Waals surface area contributed by atoms with Crippen LogP contribution in [0.4, 0.5) is 14.5 Å². The van der Waals surface area contributed by atoms with Gasteiger partial charge in [-0.15, -0.1) is 0 Å². The summed E-state index contributed by atoms with van der Waals surface area (Å²) in [5.74, 6) is -3.20. The van der Waals surface area contributed by atoms with Crippen molar-refractivity contribution < 1.29 is 18.7 Å². The Morgan fingerprint density at radius 1 is 1.35 bits per heavy atom. The normalized spacial score (nSPS) is 14.7. The number of hydrogen-bond donors (Lipinski definition) is 2. The SMILES string of the molecule is O=C(O)c1ccc(NCCC2CC2)c(F)c1F. The molecule has 2 rings (SSSR count). The number of carbonyl (C=O) groups is 1. The number of hydrogen-bond acceptors (Lipinski definition) is 2. The smallest absolute Gasteiger partial charge is 0.338 e. The molecule has 1 aromatic carbocycles. The van der Waals surface area contributed by atoms with Gasteiger partial charge in [-0.3, -0.25) is 0 Å². The second-order valence-corrected chi connectivity index (χ2v) is 4.25. The van der Waals surface area contributed by atoms with Crippen molar-refractivity contribution in [3.63, 3.8) is 0 Å². The quantitative estimate of drug-likeness (QED) is 0.833. The number of rotatable bonds is 5. The Kier molecular flexibility index (Phi) is 3.26. The number of benzene rings is 1. The van der Waals surface area contributed by atoms with Crippen molar-refractivity contribution in [2.24, 2.45) is 5.92 Å². The molecule has 0 unspecified atom stereocenters. The minimum Gasteiger partial charge on any atom is -0.478 e. The van der Waals surface area contributed by atoms with Crippen molar-refractivity contribution in [1.82, 2.24) is 0 Å². The molecule has 92 valence electrons. The van der Waals surface area contributed by atoms with E-state index < -0.39 is 23.2 Å². The van der Waals surface area contributed by atoms with Gasteiger partial charge in [0.1, 0.15) is 0 Å². The van der Waals surface area contributed by atoms with Crippen molar-refractivity contribution in [2.45, 2.75) is 19.3 Å². The van der Waals surface area contributed by atoms with Gasteiger partial charge in [0.2, 0.25) is 0 Å². The maximum absolute atomic E-state index is 13.5. The van der Waals surface area contributed by atoms with E-state index in [1.165, 1.54) is 18.9 Å². The Morgan fingerprint density at radius 3 is 2.65 bits per heavy atom. The van der Waals surface area contributed by atoms with E-state index in [2.05, 4.69) is 5.32 Å². The number of carboxylic acids is 1. The van der Waals surface area contributed by atoms with Gasteiger partial charge in [-0.05, 0) is 24.5 Å². The molecule has 0 radical (unpaired) electrons. The van der Waals surface area contributed by atoms with Crippen LogP contribution in [-0.2, 0) is 0 Å². The lowest BCUT2D eigenvalue weighted by Gasteiger charge is -2.08. The maximum Gasteiger partial charge on any atom is 0.338 e. The number of halogens is 2. The zero-order chi connectivity index (χ0) is 12.4. The van der Waals surface area contributed by atoms with Crippen LogP contribution >= 0.6 is 0 Å². The van der Waals surface area contributed by atoms with Crippen LogP contribution in [0, 0.1) is 17.6 Å². The van der Waals surface area contributed by atoms with Gasteiger partial charge in [0, 0.05) is 6.54 Å². The first-order chi connectivity index (χ1) is 8.09. The summed E-state index contributed by atoms with van der Waals surface area (Å²) in [7, 11) is 0. The van der Waals surface area contributed by atoms with Gasteiger partial charge < -0.3 is 10.4 Å². The van der Waals surface area contributed by atoms with Crippen molar-refractivity contribution in [3.05, 3.63) is 29.3 Å². The van der Waals surface area contributed by atoms with E-state index >= 15 is 0 Å². The summed E-state index contributed by atoms with van der Waals surface area (Å²) < 4.78 is 26.8. The molecule has 0 atom stereocenters. The maximum atomic E-state index is 13.5. The first-order valence-corrected chi connectivity index (χ1v) is 5.54. The van der Waals surface area contributed by atoms with Gasteiger partial charge in [-0.2, -0.15) is 0 Å². The van der Waals surface area contributed by atoms with Crippen LogP contribution in [0.5, 0.6) is 0 Å². The van der Waals surface area contributed by atoms with E-state index in [-0.39, 0.29) is 5.69 Å². The Labute approximate surface area is 97.5 Å². The highest BCUT2D eigenvalue weighted by Crippen LogP contribution is 2.32. The molecule has 1 saturated carbocycles. The summed E-state index contributed by atoms with van der Waals surface area (Å²) in [4.78, 5) is 10.6. The molecule has 1 aromatic rings. The predicted octanol–water partition coefficient (Wildman–Crippen LogP) is 2.88. The molecule has 5 heteroatoms. The third-order valence-corrected chi connectivity index (χ3v) is 2.88. The van der Waals surface area contributed by atoms with Gasteiger partial charge in [0.05, 0.1) is 11.3 Å². The number of carboxylic acid groups (broad SMARTS) is 1. The second-order valence-electron chi connectivity index (χ2n) is 4.25. The highest BCUT2D eigenvalue weighted by atomic mass is 19.2. The Bertz CT molecular complexity index is 444. The molecule has 0 amide bonds. The Morgan fingerprint density at radius 2 is 2.06 bits per heavy atom. The predicted molar refractivity (Wildman–Crippen MR) is 59.1 cm³/mol. The summed E-state index contributed by atoms with van der Waals surface area (Å²) >= 11 is 0. The molecule has 1 fully saturated rings. The zero-order valence-electron chi connectivity index (χ0n) is 9.17. The van der Waals surface area contributed by atoms with Gasteiger partial charge in [0.25, 0.3) is 0 Å². The fraction of sp³-hybridized carbons (Fsp3) is 0.417. The molecule has 0 heterocycles. The average Bonchev–Trinajstić information content (AvgIpc) is 3.08. The fourth-order valence-corrected chi connectivity index (χ4v) is 1.67. The second kappa shape index (κ2) is 4.69. The molecule has 0 spiro atoms. The van der Waals surface area contributed by atoms with Crippen molar-refractivity contribution in [3.8, 4) is 0 Å².